The van der Waals surface area contributed by atoms with E-state index >= 15 is 0 Å². The van der Waals surface area contributed by atoms with Crippen molar-refractivity contribution in [2.45, 2.75) is 45.1 Å². The molecule has 7 nitrogen and oxygen atoms in total. The number of hydrogen-bond donors (Lipinski definition) is 1. The molecule has 0 aliphatic heterocycles. The van der Waals surface area contributed by atoms with Gasteiger partial charge in [-0.05, 0) is 56.3 Å². The van der Waals surface area contributed by atoms with Crippen LogP contribution < -0.4 is 14.8 Å². The highest BCUT2D eigenvalue weighted by atomic mass is 32.2. The van der Waals surface area contributed by atoms with Gasteiger partial charge in [0.15, 0.2) is 0 Å². The third-order valence-corrected chi connectivity index (χ3v) is 6.30. The number of benzene rings is 2. The highest BCUT2D eigenvalue weighted by molar-refractivity contribution is 7.89. The molecule has 1 amide bonds. The minimum absolute atomic E-state index is 0.0264. The Morgan fingerprint density at radius 3 is 2.16 bits per heavy atom. The van der Waals surface area contributed by atoms with Crippen LogP contribution in [0.25, 0.3) is 0 Å². The van der Waals surface area contributed by atoms with Gasteiger partial charge in [-0.3, -0.25) is 4.79 Å². The molecule has 176 valence electrons. The summed E-state index contributed by atoms with van der Waals surface area (Å²) in [5, 5.41) is 2.58. The summed E-state index contributed by atoms with van der Waals surface area (Å²) in [5.74, 6) is -0.872. The number of carbonyl (C=O) groups excluding carboxylic acids is 1. The van der Waals surface area contributed by atoms with Crippen molar-refractivity contribution in [3.63, 3.8) is 0 Å². The molecule has 0 fully saturated rings. The Morgan fingerprint density at radius 1 is 1.06 bits per heavy atom. The molecule has 0 bridgehead atoms. The number of carbonyl (C=O) groups is 1. The van der Waals surface area contributed by atoms with Gasteiger partial charge < -0.3 is 14.8 Å². The Kier molecular flexibility index (Phi) is 8.13. The molecule has 0 aliphatic carbocycles. The van der Waals surface area contributed by atoms with E-state index in [-0.39, 0.29) is 41.1 Å². The van der Waals surface area contributed by atoms with Crippen LogP contribution >= 0.6 is 0 Å². The molecule has 32 heavy (non-hydrogen) atoms. The lowest BCUT2D eigenvalue weighted by Gasteiger charge is -2.20. The lowest BCUT2D eigenvalue weighted by Crippen LogP contribution is -2.30. The monoisotopic (exact) mass is 474 g/mol. The first kappa shape index (κ1) is 25.5. The van der Waals surface area contributed by atoms with Gasteiger partial charge in [0.05, 0.1) is 16.7 Å². The number of anilines is 1. The number of alkyl halides is 3. The van der Waals surface area contributed by atoms with Gasteiger partial charge in [0.1, 0.15) is 11.5 Å². The molecular weight excluding hydrogens is 449 g/mol. The molecule has 11 heteroatoms. The molecule has 0 heterocycles. The highest BCUT2D eigenvalue weighted by Gasteiger charge is 2.31. The van der Waals surface area contributed by atoms with Crippen molar-refractivity contribution in [1.82, 2.24) is 4.31 Å². The van der Waals surface area contributed by atoms with E-state index in [9.17, 15) is 26.4 Å². The lowest BCUT2D eigenvalue weighted by molar-refractivity contribution is -0.274. The summed E-state index contributed by atoms with van der Waals surface area (Å²) in [7, 11) is -3.79. The maximum Gasteiger partial charge on any atom is 0.573 e. The first-order valence-electron chi connectivity index (χ1n) is 9.85. The van der Waals surface area contributed by atoms with E-state index in [1.54, 1.807) is 27.7 Å². The number of nitrogens with zero attached hydrogens (tertiary/aromatic N) is 1. The topological polar surface area (TPSA) is 84.9 Å². The summed E-state index contributed by atoms with van der Waals surface area (Å²) in [4.78, 5) is 12.6. The Labute approximate surface area is 185 Å². The Bertz CT molecular complexity index is 1030. The molecule has 0 aliphatic rings. The molecule has 2 aromatic rings. The van der Waals surface area contributed by atoms with Gasteiger partial charge in [-0.25, -0.2) is 8.42 Å². The van der Waals surface area contributed by atoms with Crippen LogP contribution in [0, 0.1) is 0 Å². The zero-order valence-electron chi connectivity index (χ0n) is 18.1. The third-order valence-electron chi connectivity index (χ3n) is 4.26. The molecule has 1 N–H and O–H groups in total. The number of amides is 1. The maximum atomic E-state index is 12.9. The Balaban J connectivity index is 2.36. The molecule has 0 unspecified atom stereocenters. The van der Waals surface area contributed by atoms with E-state index in [0.717, 1.165) is 24.3 Å². The third kappa shape index (κ3) is 6.60. The molecular formula is C21H25F3N2O5S. The minimum atomic E-state index is -4.84. The van der Waals surface area contributed by atoms with Crippen LogP contribution in [0.1, 0.15) is 38.1 Å². The van der Waals surface area contributed by atoms with Gasteiger partial charge in [-0.1, -0.05) is 13.8 Å². The van der Waals surface area contributed by atoms with Crippen LogP contribution in [-0.4, -0.2) is 44.2 Å². The number of sulfonamides is 1. The quantitative estimate of drug-likeness (QED) is 0.572. The fourth-order valence-electron chi connectivity index (χ4n) is 2.84. The number of hydrogen-bond acceptors (Lipinski definition) is 5. The molecule has 0 aromatic heterocycles. The zero-order chi connectivity index (χ0) is 24.1. The molecule has 0 spiro atoms. The van der Waals surface area contributed by atoms with E-state index in [4.69, 9.17) is 4.74 Å². The van der Waals surface area contributed by atoms with Crippen molar-refractivity contribution in [1.29, 1.82) is 0 Å². The number of ether oxygens (including phenoxy) is 2. The summed E-state index contributed by atoms with van der Waals surface area (Å²) in [6.45, 7) is 7.52. The summed E-state index contributed by atoms with van der Waals surface area (Å²) in [5.41, 5.74) is 0.166. The smallest absolute Gasteiger partial charge is 0.489 e. The normalized spacial score (nSPS) is 12.2. The van der Waals surface area contributed by atoms with Crippen LogP contribution in [0.5, 0.6) is 11.5 Å². The van der Waals surface area contributed by atoms with Crippen LogP contribution in [0.4, 0.5) is 18.9 Å². The second-order valence-corrected chi connectivity index (χ2v) is 8.88. The van der Waals surface area contributed by atoms with E-state index in [0.29, 0.717) is 0 Å². The minimum Gasteiger partial charge on any atom is -0.489 e. The predicted molar refractivity (Wildman–Crippen MR) is 113 cm³/mol. The van der Waals surface area contributed by atoms with Crippen molar-refractivity contribution in [2.75, 3.05) is 18.4 Å². The van der Waals surface area contributed by atoms with Gasteiger partial charge in [0, 0.05) is 18.7 Å². The van der Waals surface area contributed by atoms with Crippen molar-refractivity contribution in [2.24, 2.45) is 0 Å². The SMILES string of the molecule is CCN(CC)S(=O)(=O)c1ccc(OC(C)C)c(NC(=O)c2ccc(OC(F)(F)F)cc2)c1. The van der Waals surface area contributed by atoms with E-state index in [2.05, 4.69) is 10.1 Å². The number of rotatable bonds is 9. The van der Waals surface area contributed by atoms with Crippen molar-refractivity contribution in [3.8, 4) is 11.5 Å². The molecule has 0 saturated heterocycles. The Morgan fingerprint density at radius 2 is 1.66 bits per heavy atom. The highest BCUT2D eigenvalue weighted by Crippen LogP contribution is 2.31. The van der Waals surface area contributed by atoms with E-state index in [1.807, 2.05) is 0 Å². The number of nitrogens with one attached hydrogen (secondary N) is 1. The van der Waals surface area contributed by atoms with Gasteiger partial charge in [-0.15, -0.1) is 13.2 Å². The summed E-state index contributed by atoms with van der Waals surface area (Å²) in [6.07, 6.45) is -5.10. The van der Waals surface area contributed by atoms with Gasteiger partial charge in [0.25, 0.3) is 5.91 Å². The van der Waals surface area contributed by atoms with Crippen LogP contribution in [0.3, 0.4) is 0 Å². The number of halogens is 3. The van der Waals surface area contributed by atoms with Crippen molar-refractivity contribution in [3.05, 3.63) is 48.0 Å². The van der Waals surface area contributed by atoms with E-state index in [1.165, 1.54) is 22.5 Å². The summed E-state index contributed by atoms with van der Waals surface area (Å²) in [6, 6.07) is 8.48. The largest absolute Gasteiger partial charge is 0.573 e. The standard InChI is InChI=1S/C21H25F3N2O5S/c1-5-26(6-2)32(28,29)17-11-12-19(30-14(3)4)18(13-17)25-20(27)15-7-9-16(10-8-15)31-21(22,23)24/h7-14H,5-6H2,1-4H3,(H,25,27). The molecule has 2 rings (SSSR count). The van der Waals surface area contributed by atoms with Gasteiger partial charge >= 0.3 is 6.36 Å². The van der Waals surface area contributed by atoms with Gasteiger partial charge in [0.2, 0.25) is 10.0 Å². The second-order valence-electron chi connectivity index (χ2n) is 6.94. The van der Waals surface area contributed by atoms with Crippen LogP contribution in [0.2, 0.25) is 0 Å². The van der Waals surface area contributed by atoms with Crippen LogP contribution in [0.15, 0.2) is 47.4 Å². The van der Waals surface area contributed by atoms with E-state index < -0.39 is 28.0 Å². The van der Waals surface area contributed by atoms with Crippen molar-refractivity contribution >= 4 is 21.6 Å². The lowest BCUT2D eigenvalue weighted by atomic mass is 10.2. The summed E-state index contributed by atoms with van der Waals surface area (Å²) < 4.78 is 73.4. The molecule has 0 radical (unpaired) electrons. The zero-order valence-corrected chi connectivity index (χ0v) is 18.9. The molecule has 0 atom stereocenters. The molecule has 2 aromatic carbocycles. The fraction of sp³-hybridized carbons (Fsp3) is 0.381. The Hall–Kier alpha value is -2.79. The van der Waals surface area contributed by atoms with Crippen LogP contribution in [-0.2, 0) is 10.0 Å². The molecule has 0 saturated carbocycles. The predicted octanol–water partition coefficient (Wildman–Crippen LogP) is 4.66. The average Bonchev–Trinajstić information content (AvgIpc) is 2.68. The van der Waals surface area contributed by atoms with Gasteiger partial charge in [-0.2, -0.15) is 4.31 Å². The summed E-state index contributed by atoms with van der Waals surface area (Å²) >= 11 is 0. The fourth-order valence-corrected chi connectivity index (χ4v) is 4.32. The first-order valence-corrected chi connectivity index (χ1v) is 11.3. The van der Waals surface area contributed by atoms with Crippen molar-refractivity contribution < 1.29 is 35.9 Å². The average molecular weight is 475 g/mol. The first-order chi connectivity index (χ1) is 14.9. The maximum absolute atomic E-state index is 12.9. The second kappa shape index (κ2) is 10.2.